The molecule has 0 saturated carbocycles. The van der Waals surface area contributed by atoms with Crippen LogP contribution >= 0.6 is 11.6 Å². The van der Waals surface area contributed by atoms with Gasteiger partial charge in [0.05, 0.1) is 6.20 Å². The molecule has 1 N–H and O–H groups in total. The summed E-state index contributed by atoms with van der Waals surface area (Å²) in [6.45, 7) is 0.609. The molecule has 0 aromatic carbocycles. The fourth-order valence-electron chi connectivity index (χ4n) is 1.59. The molecular formula is C12H14ClN5. The van der Waals surface area contributed by atoms with Gasteiger partial charge in [0.2, 0.25) is 0 Å². The van der Waals surface area contributed by atoms with Crippen LogP contribution in [0.5, 0.6) is 0 Å². The Labute approximate surface area is 111 Å². The van der Waals surface area contributed by atoms with Crippen molar-refractivity contribution in [1.82, 2.24) is 15.0 Å². The summed E-state index contributed by atoms with van der Waals surface area (Å²) in [6, 6.07) is 3.93. The predicted octanol–water partition coefficient (Wildman–Crippen LogP) is 2.20. The first-order chi connectivity index (χ1) is 8.68. The minimum Gasteiger partial charge on any atom is -0.365 e. The molecule has 0 saturated heterocycles. The zero-order valence-electron chi connectivity index (χ0n) is 10.3. The van der Waals surface area contributed by atoms with E-state index in [1.807, 2.05) is 31.1 Å². The van der Waals surface area contributed by atoms with E-state index in [2.05, 4.69) is 20.3 Å². The Morgan fingerprint density at radius 2 is 2.17 bits per heavy atom. The van der Waals surface area contributed by atoms with E-state index in [-0.39, 0.29) is 0 Å². The molecule has 0 fully saturated rings. The molecule has 5 nitrogen and oxygen atoms in total. The van der Waals surface area contributed by atoms with E-state index in [9.17, 15) is 0 Å². The number of halogens is 1. The van der Waals surface area contributed by atoms with Crippen LogP contribution in [-0.4, -0.2) is 29.0 Å². The second kappa shape index (κ2) is 5.64. The van der Waals surface area contributed by atoms with Crippen molar-refractivity contribution in [3.05, 3.63) is 41.4 Å². The fraction of sp³-hybridized carbons (Fsp3) is 0.250. The Kier molecular flexibility index (Phi) is 3.94. The Balaban J connectivity index is 2.14. The van der Waals surface area contributed by atoms with Gasteiger partial charge in [0.25, 0.3) is 0 Å². The molecule has 2 aromatic rings. The molecule has 94 valence electrons. The molecule has 2 rings (SSSR count). The topological polar surface area (TPSA) is 53.9 Å². The minimum atomic E-state index is 0.507. The molecule has 0 bridgehead atoms. The van der Waals surface area contributed by atoms with Gasteiger partial charge in [0, 0.05) is 32.4 Å². The van der Waals surface area contributed by atoms with E-state index < -0.39 is 0 Å². The highest BCUT2D eigenvalue weighted by molar-refractivity contribution is 6.32. The van der Waals surface area contributed by atoms with Gasteiger partial charge in [-0.25, -0.2) is 15.0 Å². The van der Waals surface area contributed by atoms with Gasteiger partial charge in [-0.1, -0.05) is 17.7 Å². The lowest BCUT2D eigenvalue weighted by Gasteiger charge is -2.16. The zero-order chi connectivity index (χ0) is 13.0. The van der Waals surface area contributed by atoms with Crippen molar-refractivity contribution < 1.29 is 0 Å². The van der Waals surface area contributed by atoms with Crippen molar-refractivity contribution in [1.29, 1.82) is 0 Å². The smallest absolute Gasteiger partial charge is 0.148 e. The lowest BCUT2D eigenvalue weighted by molar-refractivity contribution is 1.00. The maximum atomic E-state index is 5.98. The second-order valence-corrected chi connectivity index (χ2v) is 4.36. The molecule has 0 radical (unpaired) electrons. The van der Waals surface area contributed by atoms with Crippen LogP contribution in [0.15, 0.2) is 30.9 Å². The van der Waals surface area contributed by atoms with Crippen LogP contribution in [-0.2, 0) is 6.54 Å². The molecule has 0 aliphatic carbocycles. The largest absolute Gasteiger partial charge is 0.365 e. The Morgan fingerprint density at radius 3 is 2.89 bits per heavy atom. The van der Waals surface area contributed by atoms with Crippen LogP contribution in [0.25, 0.3) is 0 Å². The highest BCUT2D eigenvalue weighted by atomic mass is 35.5. The highest BCUT2D eigenvalue weighted by Crippen LogP contribution is 2.19. The van der Waals surface area contributed by atoms with Gasteiger partial charge in [0.15, 0.2) is 0 Å². The van der Waals surface area contributed by atoms with Crippen molar-refractivity contribution in [3.8, 4) is 0 Å². The van der Waals surface area contributed by atoms with Crippen molar-refractivity contribution in [2.45, 2.75) is 6.54 Å². The summed E-state index contributed by atoms with van der Waals surface area (Å²) in [5.41, 5.74) is 1.08. The summed E-state index contributed by atoms with van der Waals surface area (Å²) >= 11 is 5.98. The molecule has 2 heterocycles. The number of pyridine rings is 1. The minimum absolute atomic E-state index is 0.507. The maximum Gasteiger partial charge on any atom is 0.148 e. The molecule has 0 spiro atoms. The summed E-state index contributed by atoms with van der Waals surface area (Å²) in [7, 11) is 3.92. The molecule has 0 atom stereocenters. The standard InChI is InChI=1S/C12H14ClN5/c1-18(2)12-9(4-3-5-15-12)6-16-11-10(13)7-14-8-17-11/h3-5,7-8H,6H2,1-2H3,(H,14,16,17). The van der Waals surface area contributed by atoms with Crippen molar-refractivity contribution in [2.24, 2.45) is 0 Å². The maximum absolute atomic E-state index is 5.98. The number of nitrogens with one attached hydrogen (secondary N) is 1. The third kappa shape index (κ3) is 2.87. The quantitative estimate of drug-likeness (QED) is 0.917. The number of hydrogen-bond acceptors (Lipinski definition) is 5. The van der Waals surface area contributed by atoms with Gasteiger partial charge in [-0.3, -0.25) is 0 Å². The van der Waals surface area contributed by atoms with E-state index in [1.54, 1.807) is 12.4 Å². The lowest BCUT2D eigenvalue weighted by Crippen LogP contribution is -2.14. The van der Waals surface area contributed by atoms with Crippen LogP contribution in [0.1, 0.15) is 5.56 Å². The van der Waals surface area contributed by atoms with Gasteiger partial charge >= 0.3 is 0 Å². The average molecular weight is 264 g/mol. The van der Waals surface area contributed by atoms with Gasteiger partial charge in [-0.15, -0.1) is 0 Å². The predicted molar refractivity (Wildman–Crippen MR) is 72.9 cm³/mol. The van der Waals surface area contributed by atoms with Crippen LogP contribution in [0.2, 0.25) is 5.02 Å². The Bertz CT molecular complexity index is 529. The third-order valence-corrected chi connectivity index (χ3v) is 2.68. The summed E-state index contributed by atoms with van der Waals surface area (Å²) in [5.74, 6) is 1.55. The summed E-state index contributed by atoms with van der Waals surface area (Å²) < 4.78 is 0. The molecule has 0 unspecified atom stereocenters. The third-order valence-electron chi connectivity index (χ3n) is 2.41. The number of hydrogen-bond donors (Lipinski definition) is 1. The molecule has 0 aliphatic heterocycles. The van der Waals surface area contributed by atoms with Crippen LogP contribution in [0, 0.1) is 0 Å². The number of rotatable bonds is 4. The normalized spacial score (nSPS) is 10.2. The SMILES string of the molecule is CN(C)c1ncccc1CNc1ncncc1Cl. The van der Waals surface area contributed by atoms with Crippen LogP contribution in [0.3, 0.4) is 0 Å². The van der Waals surface area contributed by atoms with Gasteiger partial charge in [-0.05, 0) is 6.07 Å². The van der Waals surface area contributed by atoms with E-state index in [4.69, 9.17) is 11.6 Å². The van der Waals surface area contributed by atoms with Gasteiger partial charge < -0.3 is 10.2 Å². The summed E-state index contributed by atoms with van der Waals surface area (Å²) in [4.78, 5) is 14.2. The Hall–Kier alpha value is -1.88. The fourth-order valence-corrected chi connectivity index (χ4v) is 1.76. The monoisotopic (exact) mass is 263 g/mol. The zero-order valence-corrected chi connectivity index (χ0v) is 11.0. The Morgan fingerprint density at radius 1 is 1.33 bits per heavy atom. The average Bonchev–Trinajstić information content (AvgIpc) is 2.38. The molecule has 2 aromatic heterocycles. The first-order valence-corrected chi connectivity index (χ1v) is 5.87. The van der Waals surface area contributed by atoms with Crippen molar-refractivity contribution >= 4 is 23.2 Å². The first-order valence-electron chi connectivity index (χ1n) is 5.49. The first kappa shape index (κ1) is 12.6. The van der Waals surface area contributed by atoms with Crippen molar-refractivity contribution in [2.75, 3.05) is 24.3 Å². The van der Waals surface area contributed by atoms with E-state index >= 15 is 0 Å². The number of anilines is 2. The molecule has 0 aliphatic rings. The molecule has 6 heteroatoms. The molecular weight excluding hydrogens is 250 g/mol. The highest BCUT2D eigenvalue weighted by Gasteiger charge is 2.06. The second-order valence-electron chi connectivity index (χ2n) is 3.95. The van der Waals surface area contributed by atoms with Crippen LogP contribution in [0.4, 0.5) is 11.6 Å². The van der Waals surface area contributed by atoms with E-state index in [1.165, 1.54) is 6.33 Å². The van der Waals surface area contributed by atoms with Crippen molar-refractivity contribution in [3.63, 3.8) is 0 Å². The van der Waals surface area contributed by atoms with Gasteiger partial charge in [0.1, 0.15) is 23.0 Å². The van der Waals surface area contributed by atoms with Crippen LogP contribution < -0.4 is 10.2 Å². The van der Waals surface area contributed by atoms with E-state index in [0.29, 0.717) is 17.4 Å². The number of nitrogens with zero attached hydrogens (tertiary/aromatic N) is 4. The molecule has 18 heavy (non-hydrogen) atoms. The van der Waals surface area contributed by atoms with Gasteiger partial charge in [-0.2, -0.15) is 0 Å². The molecule has 0 amide bonds. The number of aromatic nitrogens is 3. The van der Waals surface area contributed by atoms with E-state index in [0.717, 1.165) is 11.4 Å². The lowest BCUT2D eigenvalue weighted by atomic mass is 10.2. The summed E-state index contributed by atoms with van der Waals surface area (Å²) in [5, 5.41) is 3.68. The summed E-state index contributed by atoms with van der Waals surface area (Å²) in [6.07, 6.45) is 4.80.